The largest absolute Gasteiger partial charge is 0.301 e. The Kier molecular flexibility index (Phi) is 2.04. The third kappa shape index (κ3) is 1.21. The summed E-state index contributed by atoms with van der Waals surface area (Å²) in [5.41, 5.74) is 3.68. The molecule has 0 radical (unpaired) electrons. The van der Waals surface area contributed by atoms with Crippen LogP contribution >= 0.6 is 0 Å². The van der Waals surface area contributed by atoms with E-state index in [1.807, 2.05) is 49.4 Å². The Morgan fingerprint density at radius 2 is 2.29 bits per heavy atom. The fourth-order valence-electron chi connectivity index (χ4n) is 1.65. The van der Waals surface area contributed by atoms with Gasteiger partial charge in [-0.3, -0.25) is 5.01 Å². The van der Waals surface area contributed by atoms with Crippen molar-refractivity contribution in [2.45, 2.75) is 19.4 Å². The minimum atomic E-state index is -0.547. The molecule has 1 atom stereocenters. The summed E-state index contributed by atoms with van der Waals surface area (Å²) in [7, 11) is 0. The minimum absolute atomic E-state index is 0.236. The van der Waals surface area contributed by atoms with Crippen LogP contribution in [0.3, 0.4) is 0 Å². The molecule has 1 N–H and O–H groups in total. The first kappa shape index (κ1) is 9.21. The van der Waals surface area contributed by atoms with Crippen LogP contribution in [0.25, 0.3) is 0 Å². The van der Waals surface area contributed by atoms with E-state index in [-0.39, 0.29) is 5.92 Å². The third-order valence-corrected chi connectivity index (χ3v) is 2.74. The lowest BCUT2D eigenvalue weighted by atomic mass is 9.89. The third-order valence-electron chi connectivity index (χ3n) is 2.74. The van der Waals surface area contributed by atoms with Gasteiger partial charge in [0, 0.05) is 6.20 Å². The van der Waals surface area contributed by atoms with Crippen molar-refractivity contribution >= 4 is 6.29 Å². The molecule has 2 heterocycles. The Hall–Kier alpha value is -1.35. The molecule has 0 aliphatic carbocycles. The number of rotatable bonds is 2. The number of hydrogen-bond donors (Lipinski definition) is 1. The van der Waals surface area contributed by atoms with E-state index < -0.39 is 5.54 Å². The molecule has 0 amide bonds. The molecule has 74 valence electrons. The number of hydrazine groups is 1. The first-order chi connectivity index (χ1) is 6.68. The lowest BCUT2D eigenvalue weighted by Gasteiger charge is -2.28. The quantitative estimate of drug-likeness (QED) is 0.667. The molecule has 0 aromatic heterocycles. The van der Waals surface area contributed by atoms with Gasteiger partial charge >= 0.3 is 0 Å². The van der Waals surface area contributed by atoms with Crippen LogP contribution in [0, 0.1) is 5.92 Å². The minimum Gasteiger partial charge on any atom is -0.301 e. The van der Waals surface area contributed by atoms with E-state index >= 15 is 0 Å². The highest BCUT2D eigenvalue weighted by Gasteiger charge is 2.38. The van der Waals surface area contributed by atoms with Crippen LogP contribution in [0.2, 0.25) is 0 Å². The van der Waals surface area contributed by atoms with E-state index in [2.05, 4.69) is 5.43 Å². The molecule has 0 saturated carbocycles. The predicted octanol–water partition coefficient (Wildman–Crippen LogP) is 1.37. The number of carbonyl (C=O) groups excluding carboxylic acids is 1. The molecule has 0 bridgehead atoms. The van der Waals surface area contributed by atoms with E-state index in [9.17, 15) is 4.79 Å². The number of hydrogen-bond acceptors (Lipinski definition) is 3. The van der Waals surface area contributed by atoms with Crippen LogP contribution in [0.15, 0.2) is 36.2 Å². The Morgan fingerprint density at radius 3 is 2.86 bits per heavy atom. The first-order valence-electron chi connectivity index (χ1n) is 4.79. The van der Waals surface area contributed by atoms with Crippen molar-refractivity contribution in [3.63, 3.8) is 0 Å². The van der Waals surface area contributed by atoms with Crippen LogP contribution in [-0.4, -0.2) is 16.8 Å². The van der Waals surface area contributed by atoms with Gasteiger partial charge in [-0.2, -0.15) is 0 Å². The van der Waals surface area contributed by atoms with Gasteiger partial charge in [0.25, 0.3) is 0 Å². The number of carbonyl (C=O) groups is 1. The van der Waals surface area contributed by atoms with Crippen molar-refractivity contribution in [1.29, 1.82) is 0 Å². The predicted molar refractivity (Wildman–Crippen MR) is 55.0 cm³/mol. The van der Waals surface area contributed by atoms with Crippen molar-refractivity contribution in [3.8, 4) is 0 Å². The summed E-state index contributed by atoms with van der Waals surface area (Å²) >= 11 is 0. The Balaban J connectivity index is 2.35. The Labute approximate surface area is 83.7 Å². The Morgan fingerprint density at radius 1 is 1.50 bits per heavy atom. The van der Waals surface area contributed by atoms with Gasteiger partial charge in [-0.1, -0.05) is 19.9 Å². The van der Waals surface area contributed by atoms with Gasteiger partial charge in [-0.25, -0.2) is 5.43 Å². The van der Waals surface area contributed by atoms with E-state index in [1.165, 1.54) is 0 Å². The number of allylic oxidation sites excluding steroid dienone is 3. The Bertz CT molecular complexity index is 341. The first-order valence-corrected chi connectivity index (χ1v) is 4.79. The van der Waals surface area contributed by atoms with Gasteiger partial charge in [0.05, 0.1) is 5.70 Å². The molecule has 0 spiro atoms. The fraction of sp³-hybridized carbons (Fsp3) is 0.364. The maximum absolute atomic E-state index is 11.1. The second kappa shape index (κ2) is 3.10. The molecule has 0 aromatic carbocycles. The van der Waals surface area contributed by atoms with Crippen molar-refractivity contribution in [2.75, 3.05) is 0 Å². The van der Waals surface area contributed by atoms with Crippen molar-refractivity contribution in [3.05, 3.63) is 36.2 Å². The van der Waals surface area contributed by atoms with Crippen LogP contribution in [0.1, 0.15) is 13.8 Å². The molecule has 3 heteroatoms. The monoisotopic (exact) mass is 190 g/mol. The van der Waals surface area contributed by atoms with Gasteiger partial charge in [0.2, 0.25) is 0 Å². The van der Waals surface area contributed by atoms with Crippen LogP contribution in [0.4, 0.5) is 0 Å². The van der Waals surface area contributed by atoms with Crippen molar-refractivity contribution < 1.29 is 4.79 Å². The lowest BCUT2D eigenvalue weighted by Crippen LogP contribution is -2.50. The van der Waals surface area contributed by atoms with Crippen LogP contribution in [0.5, 0.6) is 0 Å². The molecule has 2 aliphatic rings. The summed E-state index contributed by atoms with van der Waals surface area (Å²) in [6.45, 7) is 4.06. The SMILES string of the molecule is CC(C)C1(C=O)C=C2C=CC=CN2N1. The highest BCUT2D eigenvalue weighted by atomic mass is 16.1. The zero-order chi connectivity index (χ0) is 10.2. The molecule has 14 heavy (non-hydrogen) atoms. The second-order valence-corrected chi connectivity index (χ2v) is 3.96. The highest BCUT2D eigenvalue weighted by Crippen LogP contribution is 2.28. The van der Waals surface area contributed by atoms with Crippen molar-refractivity contribution in [2.24, 2.45) is 5.92 Å². The van der Waals surface area contributed by atoms with Gasteiger partial charge in [0.15, 0.2) is 0 Å². The summed E-state index contributed by atoms with van der Waals surface area (Å²) in [6, 6.07) is 0. The molecule has 2 rings (SSSR count). The van der Waals surface area contributed by atoms with Gasteiger partial charge in [-0.15, -0.1) is 0 Å². The lowest BCUT2D eigenvalue weighted by molar-refractivity contribution is -0.113. The topological polar surface area (TPSA) is 32.3 Å². The van der Waals surface area contributed by atoms with Gasteiger partial charge in [-0.05, 0) is 24.1 Å². The van der Waals surface area contributed by atoms with E-state index in [0.29, 0.717) is 0 Å². The van der Waals surface area contributed by atoms with Gasteiger partial charge in [0.1, 0.15) is 11.8 Å². The summed E-state index contributed by atoms with van der Waals surface area (Å²) in [6.07, 6.45) is 10.8. The molecule has 0 aromatic rings. The molecule has 0 saturated heterocycles. The second-order valence-electron chi connectivity index (χ2n) is 3.96. The average Bonchev–Trinajstić information content (AvgIpc) is 2.57. The summed E-state index contributed by atoms with van der Waals surface area (Å²) in [5, 5.41) is 1.88. The molecular weight excluding hydrogens is 176 g/mol. The summed E-state index contributed by atoms with van der Waals surface area (Å²) in [5.74, 6) is 0.236. The summed E-state index contributed by atoms with van der Waals surface area (Å²) < 4.78 is 0. The van der Waals surface area contributed by atoms with Crippen LogP contribution < -0.4 is 5.43 Å². The zero-order valence-electron chi connectivity index (χ0n) is 8.40. The molecule has 3 nitrogen and oxygen atoms in total. The van der Waals surface area contributed by atoms with E-state index in [1.54, 1.807) is 0 Å². The van der Waals surface area contributed by atoms with Gasteiger partial charge < -0.3 is 4.79 Å². The smallest absolute Gasteiger partial charge is 0.146 e. The molecular formula is C11H14N2O. The van der Waals surface area contributed by atoms with Crippen molar-refractivity contribution in [1.82, 2.24) is 10.4 Å². The van der Waals surface area contributed by atoms with E-state index in [4.69, 9.17) is 0 Å². The zero-order valence-corrected chi connectivity index (χ0v) is 8.40. The molecule has 2 aliphatic heterocycles. The normalized spacial score (nSPS) is 29.4. The summed E-state index contributed by atoms with van der Waals surface area (Å²) in [4.78, 5) is 11.1. The average molecular weight is 190 g/mol. The van der Waals surface area contributed by atoms with Crippen LogP contribution in [-0.2, 0) is 4.79 Å². The van der Waals surface area contributed by atoms with E-state index in [0.717, 1.165) is 12.0 Å². The number of aldehydes is 1. The number of nitrogens with zero attached hydrogens (tertiary/aromatic N) is 1. The maximum atomic E-state index is 11.1. The fourth-order valence-corrected chi connectivity index (χ4v) is 1.65. The number of fused-ring (bicyclic) bond motifs is 1. The molecule has 0 fully saturated rings. The highest BCUT2D eigenvalue weighted by molar-refractivity contribution is 5.70. The number of nitrogens with one attached hydrogen (secondary N) is 1. The maximum Gasteiger partial charge on any atom is 0.146 e. The standard InChI is InChI=1S/C11H14N2O/c1-9(2)11(8-14)7-10-5-3-4-6-13(10)12-11/h3-9,12H,1-2H3. The molecule has 1 unspecified atom stereocenters.